The van der Waals surface area contributed by atoms with Crippen LogP contribution in [0.15, 0.2) is 72.9 Å². The molecular formula is C29H35N3O. The van der Waals surface area contributed by atoms with Gasteiger partial charge in [0.05, 0.1) is 11.8 Å². The molecule has 2 fully saturated rings. The molecule has 2 aromatic carbocycles. The lowest BCUT2D eigenvalue weighted by molar-refractivity contribution is 0.120. The van der Waals surface area contributed by atoms with E-state index in [0.29, 0.717) is 6.10 Å². The zero-order valence-electron chi connectivity index (χ0n) is 19.5. The SMILES string of the molecule is c1ccc(CCN2CCN(CCc3ccc(-c4ccccn4)c(OC4CCC4)c3)CC2)cc1. The van der Waals surface area contributed by atoms with Gasteiger partial charge in [-0.2, -0.15) is 0 Å². The minimum absolute atomic E-state index is 0.367. The average Bonchev–Trinajstić information content (AvgIpc) is 2.85. The fraction of sp³-hybridized carbons (Fsp3) is 0.414. The summed E-state index contributed by atoms with van der Waals surface area (Å²) in [5.41, 5.74) is 4.90. The van der Waals surface area contributed by atoms with Crippen molar-refractivity contribution in [3.8, 4) is 17.0 Å². The van der Waals surface area contributed by atoms with E-state index in [2.05, 4.69) is 69.4 Å². The van der Waals surface area contributed by atoms with Gasteiger partial charge < -0.3 is 14.5 Å². The van der Waals surface area contributed by atoms with E-state index in [9.17, 15) is 0 Å². The zero-order valence-corrected chi connectivity index (χ0v) is 19.5. The predicted octanol–water partition coefficient (Wildman–Crippen LogP) is 5.08. The lowest BCUT2D eigenvalue weighted by Gasteiger charge is -2.34. The maximum Gasteiger partial charge on any atom is 0.129 e. The molecule has 2 aliphatic rings. The summed E-state index contributed by atoms with van der Waals surface area (Å²) in [5, 5.41) is 0. The number of hydrogen-bond acceptors (Lipinski definition) is 4. The minimum Gasteiger partial charge on any atom is -0.490 e. The molecule has 4 nitrogen and oxygen atoms in total. The summed E-state index contributed by atoms with van der Waals surface area (Å²) in [4.78, 5) is 9.77. The van der Waals surface area contributed by atoms with Crippen molar-refractivity contribution in [2.45, 2.75) is 38.2 Å². The molecule has 0 unspecified atom stereocenters. The van der Waals surface area contributed by atoms with E-state index >= 15 is 0 Å². The Morgan fingerprint density at radius 1 is 0.758 bits per heavy atom. The molecule has 5 rings (SSSR count). The molecule has 1 saturated carbocycles. The Kier molecular flexibility index (Phi) is 7.34. The first kappa shape index (κ1) is 22.1. The lowest BCUT2D eigenvalue weighted by Crippen LogP contribution is -2.47. The normalized spacial score (nSPS) is 17.6. The van der Waals surface area contributed by atoms with Crippen LogP contribution in [0.4, 0.5) is 0 Å². The fourth-order valence-corrected chi connectivity index (χ4v) is 4.68. The van der Waals surface area contributed by atoms with E-state index in [1.807, 2.05) is 18.3 Å². The van der Waals surface area contributed by atoms with Crippen molar-refractivity contribution in [1.82, 2.24) is 14.8 Å². The van der Waals surface area contributed by atoms with Crippen molar-refractivity contribution in [3.05, 3.63) is 84.1 Å². The maximum atomic E-state index is 6.39. The van der Waals surface area contributed by atoms with Crippen molar-refractivity contribution < 1.29 is 4.74 Å². The van der Waals surface area contributed by atoms with Gasteiger partial charge >= 0.3 is 0 Å². The first-order valence-corrected chi connectivity index (χ1v) is 12.5. The van der Waals surface area contributed by atoms with Gasteiger partial charge in [-0.3, -0.25) is 4.98 Å². The van der Waals surface area contributed by atoms with E-state index in [1.165, 1.54) is 43.5 Å². The van der Waals surface area contributed by atoms with E-state index in [0.717, 1.165) is 56.0 Å². The maximum absolute atomic E-state index is 6.39. The van der Waals surface area contributed by atoms with Crippen molar-refractivity contribution in [2.75, 3.05) is 39.3 Å². The van der Waals surface area contributed by atoms with E-state index in [-0.39, 0.29) is 0 Å². The van der Waals surface area contributed by atoms with Gasteiger partial charge in [0.25, 0.3) is 0 Å². The van der Waals surface area contributed by atoms with Gasteiger partial charge in [-0.1, -0.05) is 42.5 Å². The highest BCUT2D eigenvalue weighted by atomic mass is 16.5. The van der Waals surface area contributed by atoms with Gasteiger partial charge in [-0.15, -0.1) is 0 Å². The summed E-state index contributed by atoms with van der Waals surface area (Å²) < 4.78 is 6.39. The van der Waals surface area contributed by atoms with Crippen LogP contribution in [0.3, 0.4) is 0 Å². The molecule has 1 aromatic heterocycles. The largest absolute Gasteiger partial charge is 0.490 e. The molecule has 1 saturated heterocycles. The third-order valence-corrected chi connectivity index (χ3v) is 7.07. The zero-order chi connectivity index (χ0) is 22.3. The van der Waals surface area contributed by atoms with Crippen molar-refractivity contribution in [2.24, 2.45) is 0 Å². The Morgan fingerprint density at radius 2 is 1.45 bits per heavy atom. The fourth-order valence-electron chi connectivity index (χ4n) is 4.68. The summed E-state index contributed by atoms with van der Waals surface area (Å²) in [6, 6.07) is 23.6. The van der Waals surface area contributed by atoms with Gasteiger partial charge in [-0.05, 0) is 67.5 Å². The monoisotopic (exact) mass is 441 g/mol. The molecule has 0 spiro atoms. The highest BCUT2D eigenvalue weighted by molar-refractivity contribution is 5.67. The van der Waals surface area contributed by atoms with Crippen LogP contribution in [0.25, 0.3) is 11.3 Å². The van der Waals surface area contributed by atoms with E-state index < -0.39 is 0 Å². The van der Waals surface area contributed by atoms with Crippen LogP contribution in [-0.2, 0) is 12.8 Å². The summed E-state index contributed by atoms with van der Waals surface area (Å²) in [6.07, 6.45) is 8.05. The number of pyridine rings is 1. The van der Waals surface area contributed by atoms with Gasteiger partial charge in [-0.25, -0.2) is 0 Å². The molecular weight excluding hydrogens is 406 g/mol. The molecule has 1 aliphatic heterocycles. The summed E-state index contributed by atoms with van der Waals surface area (Å²) in [5.74, 6) is 1.00. The molecule has 172 valence electrons. The third kappa shape index (κ3) is 6.01. The molecule has 2 heterocycles. The standard InChI is InChI=1S/C29H35N3O/c1-2-7-24(8-3-1)14-17-31-19-21-32(22-20-31)18-15-25-12-13-27(28-11-4-5-16-30-28)29(23-25)33-26-9-6-10-26/h1-5,7-8,11-13,16,23,26H,6,9-10,14-15,17-22H2. The molecule has 0 N–H and O–H groups in total. The number of aromatic nitrogens is 1. The number of piperazine rings is 1. The molecule has 1 aliphatic carbocycles. The van der Waals surface area contributed by atoms with Gasteiger partial charge in [0.15, 0.2) is 0 Å². The van der Waals surface area contributed by atoms with Crippen LogP contribution in [0.2, 0.25) is 0 Å². The number of ether oxygens (including phenoxy) is 1. The molecule has 0 bridgehead atoms. The number of nitrogens with zero attached hydrogens (tertiary/aromatic N) is 3. The molecule has 0 amide bonds. The number of rotatable bonds is 9. The second kappa shape index (κ2) is 11.0. The van der Waals surface area contributed by atoms with Crippen molar-refractivity contribution in [3.63, 3.8) is 0 Å². The average molecular weight is 442 g/mol. The highest BCUT2D eigenvalue weighted by Gasteiger charge is 2.22. The van der Waals surface area contributed by atoms with E-state index in [4.69, 9.17) is 4.74 Å². The van der Waals surface area contributed by atoms with Crippen LogP contribution in [0.1, 0.15) is 30.4 Å². The Labute approximate surface area is 198 Å². The third-order valence-electron chi connectivity index (χ3n) is 7.07. The first-order chi connectivity index (χ1) is 16.3. The molecule has 33 heavy (non-hydrogen) atoms. The van der Waals surface area contributed by atoms with Crippen LogP contribution in [0, 0.1) is 0 Å². The lowest BCUT2D eigenvalue weighted by atomic mass is 9.96. The Balaban J connectivity index is 1.14. The molecule has 0 radical (unpaired) electrons. The minimum atomic E-state index is 0.367. The Hall–Kier alpha value is -2.69. The molecule has 0 atom stereocenters. The molecule has 3 aromatic rings. The summed E-state index contributed by atoms with van der Waals surface area (Å²) in [6.45, 7) is 6.93. The van der Waals surface area contributed by atoms with Gasteiger partial charge in [0, 0.05) is 51.0 Å². The smallest absolute Gasteiger partial charge is 0.129 e. The molecule has 4 heteroatoms. The summed E-state index contributed by atoms with van der Waals surface area (Å²) in [7, 11) is 0. The quantitative estimate of drug-likeness (QED) is 0.463. The van der Waals surface area contributed by atoms with Crippen LogP contribution in [0.5, 0.6) is 5.75 Å². The van der Waals surface area contributed by atoms with Crippen LogP contribution < -0.4 is 4.74 Å². The van der Waals surface area contributed by atoms with Crippen LogP contribution >= 0.6 is 0 Å². The Morgan fingerprint density at radius 3 is 2.09 bits per heavy atom. The second-order valence-corrected chi connectivity index (χ2v) is 9.39. The highest BCUT2D eigenvalue weighted by Crippen LogP contribution is 2.34. The first-order valence-electron chi connectivity index (χ1n) is 12.5. The van der Waals surface area contributed by atoms with Crippen molar-refractivity contribution in [1.29, 1.82) is 0 Å². The topological polar surface area (TPSA) is 28.6 Å². The Bertz CT molecular complexity index is 996. The van der Waals surface area contributed by atoms with Crippen LogP contribution in [-0.4, -0.2) is 60.2 Å². The number of hydrogen-bond donors (Lipinski definition) is 0. The van der Waals surface area contributed by atoms with Gasteiger partial charge in [0.1, 0.15) is 5.75 Å². The second-order valence-electron chi connectivity index (χ2n) is 9.39. The van der Waals surface area contributed by atoms with Gasteiger partial charge in [0.2, 0.25) is 0 Å². The summed E-state index contributed by atoms with van der Waals surface area (Å²) >= 11 is 0. The van der Waals surface area contributed by atoms with Crippen molar-refractivity contribution >= 4 is 0 Å². The predicted molar refractivity (Wildman–Crippen MR) is 135 cm³/mol. The van der Waals surface area contributed by atoms with E-state index in [1.54, 1.807) is 0 Å². The number of benzene rings is 2.